The molecule has 0 saturated carbocycles. The van der Waals surface area contributed by atoms with E-state index >= 15 is 0 Å². The van der Waals surface area contributed by atoms with Gasteiger partial charge in [0.2, 0.25) is 0 Å². The van der Waals surface area contributed by atoms with Crippen LogP contribution in [0.2, 0.25) is 0 Å². The van der Waals surface area contributed by atoms with Crippen molar-refractivity contribution >= 4 is 29.9 Å². The van der Waals surface area contributed by atoms with Gasteiger partial charge in [0.15, 0.2) is 5.96 Å². The number of hydrogen-bond acceptors (Lipinski definition) is 3. The quantitative estimate of drug-likeness (QED) is 0.462. The van der Waals surface area contributed by atoms with Crippen LogP contribution in [0, 0.1) is 0 Å². The fourth-order valence-electron chi connectivity index (χ4n) is 2.25. The number of halogens is 1. The Morgan fingerprint density at radius 1 is 1.22 bits per heavy atom. The van der Waals surface area contributed by atoms with Crippen LogP contribution in [0.15, 0.2) is 4.99 Å². The smallest absolute Gasteiger partial charge is 0.191 e. The summed E-state index contributed by atoms with van der Waals surface area (Å²) in [5, 5.41) is 0. The van der Waals surface area contributed by atoms with E-state index in [1.165, 1.54) is 19.3 Å². The number of aliphatic imine (C=N–C) groups is 1. The summed E-state index contributed by atoms with van der Waals surface area (Å²) in [4.78, 5) is 6.52. The molecule has 2 fully saturated rings. The lowest BCUT2D eigenvalue weighted by Gasteiger charge is -2.27. The molecule has 0 aromatic carbocycles. The Kier molecular flexibility index (Phi) is 7.92. The van der Waals surface area contributed by atoms with Crippen molar-refractivity contribution in [2.24, 2.45) is 10.7 Å². The van der Waals surface area contributed by atoms with Gasteiger partial charge in [-0.2, -0.15) is 0 Å². The van der Waals surface area contributed by atoms with Gasteiger partial charge in [-0.15, -0.1) is 24.0 Å². The molecule has 0 aromatic rings. The predicted octanol–water partition coefficient (Wildman–Crippen LogP) is 1.21. The molecule has 2 N–H and O–H groups in total. The van der Waals surface area contributed by atoms with Crippen molar-refractivity contribution in [1.82, 2.24) is 4.90 Å². The summed E-state index contributed by atoms with van der Waals surface area (Å²) in [6.45, 7) is 4.90. The van der Waals surface area contributed by atoms with Crippen LogP contribution < -0.4 is 5.73 Å². The van der Waals surface area contributed by atoms with Crippen LogP contribution in [0.4, 0.5) is 0 Å². The van der Waals surface area contributed by atoms with Gasteiger partial charge in [-0.3, -0.25) is 4.99 Å². The van der Waals surface area contributed by atoms with Gasteiger partial charge in [0.25, 0.3) is 0 Å². The van der Waals surface area contributed by atoms with Crippen LogP contribution in [0.3, 0.4) is 0 Å². The minimum Gasteiger partial charge on any atom is -0.378 e. The molecule has 2 rings (SSSR count). The first kappa shape index (κ1) is 16.0. The Morgan fingerprint density at radius 3 is 2.67 bits per heavy atom. The third kappa shape index (κ3) is 5.27. The van der Waals surface area contributed by atoms with Gasteiger partial charge < -0.3 is 20.1 Å². The lowest BCUT2D eigenvalue weighted by molar-refractivity contribution is 0.0128. The molecule has 1 unspecified atom stereocenters. The predicted molar refractivity (Wildman–Crippen MR) is 82.5 cm³/mol. The van der Waals surface area contributed by atoms with Gasteiger partial charge in [0, 0.05) is 26.2 Å². The number of morpholine rings is 1. The molecule has 1 atom stereocenters. The van der Waals surface area contributed by atoms with Crippen molar-refractivity contribution in [2.75, 3.05) is 39.5 Å². The Labute approximate surface area is 126 Å². The lowest BCUT2D eigenvalue weighted by Crippen LogP contribution is -2.44. The Hall–Kier alpha value is -0.0800. The molecule has 0 spiro atoms. The van der Waals surface area contributed by atoms with Crippen LogP contribution >= 0.6 is 24.0 Å². The zero-order chi connectivity index (χ0) is 11.9. The fourth-order valence-corrected chi connectivity index (χ4v) is 2.25. The Morgan fingerprint density at radius 2 is 2.00 bits per heavy atom. The maximum atomic E-state index is 5.94. The van der Waals surface area contributed by atoms with E-state index in [-0.39, 0.29) is 24.0 Å². The molecule has 2 saturated heterocycles. The molecule has 0 bridgehead atoms. The van der Waals surface area contributed by atoms with E-state index in [2.05, 4.69) is 9.89 Å². The highest BCUT2D eigenvalue weighted by Crippen LogP contribution is 2.15. The van der Waals surface area contributed by atoms with E-state index in [1.54, 1.807) is 0 Å². The maximum Gasteiger partial charge on any atom is 0.191 e. The molecule has 106 valence electrons. The molecule has 2 aliphatic rings. The molecule has 5 nitrogen and oxygen atoms in total. The molecule has 6 heteroatoms. The van der Waals surface area contributed by atoms with Gasteiger partial charge in [0.1, 0.15) is 0 Å². The molecular formula is C12H24IN3O2. The van der Waals surface area contributed by atoms with Gasteiger partial charge >= 0.3 is 0 Å². The normalized spacial score (nSPS) is 25.7. The molecule has 0 amide bonds. The summed E-state index contributed by atoms with van der Waals surface area (Å²) in [5.74, 6) is 0.657. The second-order valence-corrected chi connectivity index (χ2v) is 4.62. The average Bonchev–Trinajstić information content (AvgIpc) is 2.41. The lowest BCUT2D eigenvalue weighted by atomic mass is 10.1. The summed E-state index contributed by atoms with van der Waals surface area (Å²) in [6.07, 6.45) is 5.05. The van der Waals surface area contributed by atoms with Crippen LogP contribution in [0.5, 0.6) is 0 Å². The highest BCUT2D eigenvalue weighted by atomic mass is 127. The van der Waals surface area contributed by atoms with Crippen LogP contribution in [0.25, 0.3) is 0 Å². The number of ether oxygens (including phenoxy) is 2. The first-order valence-electron chi connectivity index (χ1n) is 6.60. The topological polar surface area (TPSA) is 60.1 Å². The standard InChI is InChI=1S/C12H23N3O2.HI/c13-12(15-6-9-16-10-7-15)14-5-4-11-3-1-2-8-17-11;/h11H,1-10H2,(H2,13,14);1H. The molecule has 0 aromatic heterocycles. The highest BCUT2D eigenvalue weighted by Gasteiger charge is 2.14. The van der Waals surface area contributed by atoms with Crippen molar-refractivity contribution in [3.63, 3.8) is 0 Å². The van der Waals surface area contributed by atoms with E-state index in [0.29, 0.717) is 12.1 Å². The second-order valence-electron chi connectivity index (χ2n) is 4.62. The van der Waals surface area contributed by atoms with E-state index in [1.807, 2.05) is 0 Å². The van der Waals surface area contributed by atoms with Gasteiger partial charge in [-0.25, -0.2) is 0 Å². The number of nitrogens with zero attached hydrogens (tertiary/aromatic N) is 2. The molecule has 2 aliphatic heterocycles. The van der Waals surface area contributed by atoms with Gasteiger partial charge in [-0.05, 0) is 25.7 Å². The van der Waals surface area contributed by atoms with Crippen molar-refractivity contribution in [2.45, 2.75) is 31.8 Å². The second kappa shape index (κ2) is 8.92. The van der Waals surface area contributed by atoms with E-state index in [0.717, 1.165) is 45.9 Å². The summed E-state index contributed by atoms with van der Waals surface area (Å²) >= 11 is 0. The minimum atomic E-state index is 0. The molecular weight excluding hydrogens is 345 g/mol. The third-order valence-corrected chi connectivity index (χ3v) is 3.33. The first-order valence-corrected chi connectivity index (χ1v) is 6.60. The largest absolute Gasteiger partial charge is 0.378 e. The van der Waals surface area contributed by atoms with E-state index in [9.17, 15) is 0 Å². The zero-order valence-corrected chi connectivity index (χ0v) is 13.2. The molecule has 0 aliphatic carbocycles. The van der Waals surface area contributed by atoms with Crippen molar-refractivity contribution < 1.29 is 9.47 Å². The van der Waals surface area contributed by atoms with Crippen molar-refractivity contribution in [3.05, 3.63) is 0 Å². The minimum absolute atomic E-state index is 0. The maximum absolute atomic E-state index is 5.94. The number of rotatable bonds is 3. The summed E-state index contributed by atoms with van der Waals surface area (Å²) < 4.78 is 10.9. The number of hydrogen-bond donors (Lipinski definition) is 1. The molecule has 2 heterocycles. The fraction of sp³-hybridized carbons (Fsp3) is 0.917. The third-order valence-electron chi connectivity index (χ3n) is 3.33. The summed E-state index contributed by atoms with van der Waals surface area (Å²) in [7, 11) is 0. The van der Waals surface area contributed by atoms with Crippen LogP contribution in [-0.4, -0.2) is 56.4 Å². The van der Waals surface area contributed by atoms with Crippen molar-refractivity contribution in [3.8, 4) is 0 Å². The van der Waals surface area contributed by atoms with Gasteiger partial charge in [0.05, 0.1) is 19.3 Å². The van der Waals surface area contributed by atoms with E-state index < -0.39 is 0 Å². The summed E-state index contributed by atoms with van der Waals surface area (Å²) in [6, 6.07) is 0. The zero-order valence-electron chi connectivity index (χ0n) is 10.8. The number of nitrogens with two attached hydrogens (primary N) is 1. The summed E-state index contributed by atoms with van der Waals surface area (Å²) in [5.41, 5.74) is 5.94. The van der Waals surface area contributed by atoms with Crippen molar-refractivity contribution in [1.29, 1.82) is 0 Å². The monoisotopic (exact) mass is 369 g/mol. The van der Waals surface area contributed by atoms with E-state index in [4.69, 9.17) is 15.2 Å². The number of guanidine groups is 1. The van der Waals surface area contributed by atoms with Crippen LogP contribution in [-0.2, 0) is 9.47 Å². The first-order chi connectivity index (χ1) is 8.36. The Bertz CT molecular complexity index is 252. The molecule has 18 heavy (non-hydrogen) atoms. The average molecular weight is 369 g/mol. The Balaban J connectivity index is 0.00000162. The SMILES string of the molecule is I.NC(=NCCC1CCCCO1)N1CCOCC1. The van der Waals surface area contributed by atoms with Crippen LogP contribution in [0.1, 0.15) is 25.7 Å². The molecule has 0 radical (unpaired) electrons. The van der Waals surface area contributed by atoms with Gasteiger partial charge in [-0.1, -0.05) is 0 Å². The highest BCUT2D eigenvalue weighted by molar-refractivity contribution is 14.0.